The molecule has 1 aromatic heterocycles. The molecule has 0 amide bonds. The maximum atomic E-state index is 12.6. The fraction of sp³-hybridized carbons (Fsp3) is 0.700. The predicted molar refractivity (Wildman–Crippen MR) is 60.4 cm³/mol. The first-order valence-corrected chi connectivity index (χ1v) is 5.85. The lowest BCUT2D eigenvalue weighted by atomic mass is 10.3. The van der Waals surface area contributed by atoms with Gasteiger partial charge in [0.2, 0.25) is 5.76 Å². The van der Waals surface area contributed by atoms with Gasteiger partial charge < -0.3 is 4.42 Å². The smallest absolute Gasteiger partial charge is 0.436 e. The van der Waals surface area contributed by atoms with Gasteiger partial charge in [0.1, 0.15) is 5.69 Å². The van der Waals surface area contributed by atoms with Crippen molar-refractivity contribution in [1.82, 2.24) is 9.71 Å². The summed E-state index contributed by atoms with van der Waals surface area (Å²) in [5, 5.41) is 0. The fourth-order valence-corrected chi connectivity index (χ4v) is 1.77. The first-order valence-electron chi connectivity index (χ1n) is 5.04. The quantitative estimate of drug-likeness (QED) is 0.851. The molecule has 0 aromatic carbocycles. The number of aromatic nitrogens is 1. The summed E-state index contributed by atoms with van der Waals surface area (Å²) in [5.41, 5.74) is -0.105. The normalized spacial score (nSPS) is 13.1. The van der Waals surface area contributed by atoms with E-state index in [1.165, 1.54) is 18.9 Å². The van der Waals surface area contributed by atoms with Gasteiger partial charge in [-0.15, -0.1) is 0 Å². The zero-order chi connectivity index (χ0) is 13.3. The molecular formula is C10H15F3N2OS. The van der Waals surface area contributed by atoms with E-state index in [9.17, 15) is 13.2 Å². The molecule has 0 aliphatic heterocycles. The summed E-state index contributed by atoms with van der Waals surface area (Å²) in [6.45, 7) is 7.31. The summed E-state index contributed by atoms with van der Waals surface area (Å²) in [7, 11) is 0. The minimum atomic E-state index is -4.50. The zero-order valence-electron chi connectivity index (χ0n) is 10.1. The molecule has 17 heavy (non-hydrogen) atoms. The number of oxazole rings is 1. The van der Waals surface area contributed by atoms with Crippen molar-refractivity contribution in [1.29, 1.82) is 0 Å². The van der Waals surface area contributed by atoms with E-state index in [0.717, 1.165) is 0 Å². The Morgan fingerprint density at radius 2 is 1.88 bits per heavy atom. The Morgan fingerprint density at radius 3 is 2.35 bits per heavy atom. The molecule has 0 aliphatic carbocycles. The van der Waals surface area contributed by atoms with Crippen LogP contribution in [0.15, 0.2) is 4.42 Å². The topological polar surface area (TPSA) is 38.1 Å². The number of rotatable bonds is 3. The van der Waals surface area contributed by atoms with Crippen LogP contribution in [0.25, 0.3) is 0 Å². The van der Waals surface area contributed by atoms with E-state index < -0.39 is 11.9 Å². The van der Waals surface area contributed by atoms with Crippen LogP contribution in [-0.2, 0) is 12.7 Å². The lowest BCUT2D eigenvalue weighted by Gasteiger charge is -2.17. The monoisotopic (exact) mass is 268 g/mol. The van der Waals surface area contributed by atoms with Crippen LogP contribution in [-0.4, -0.2) is 9.73 Å². The molecule has 1 heterocycles. The van der Waals surface area contributed by atoms with Crippen LogP contribution in [0.2, 0.25) is 0 Å². The van der Waals surface area contributed by atoms with Gasteiger partial charge in [-0.05, 0) is 20.8 Å². The Morgan fingerprint density at radius 1 is 1.29 bits per heavy atom. The van der Waals surface area contributed by atoms with Crippen LogP contribution in [0, 0.1) is 6.92 Å². The highest BCUT2D eigenvalue weighted by atomic mass is 32.2. The first kappa shape index (κ1) is 14.4. The highest BCUT2D eigenvalue weighted by Crippen LogP contribution is 2.33. The first-order chi connectivity index (χ1) is 7.59. The predicted octanol–water partition coefficient (Wildman–Crippen LogP) is 3.54. The van der Waals surface area contributed by atoms with Gasteiger partial charge in [0.25, 0.3) is 0 Å². The van der Waals surface area contributed by atoms with E-state index >= 15 is 0 Å². The molecule has 0 bridgehead atoms. The molecule has 0 aliphatic rings. The number of aryl methyl sites for hydroxylation is 1. The van der Waals surface area contributed by atoms with Gasteiger partial charge >= 0.3 is 6.18 Å². The number of nitrogens with one attached hydrogen (secondary N) is 1. The van der Waals surface area contributed by atoms with Gasteiger partial charge in [0, 0.05) is 11.7 Å². The summed E-state index contributed by atoms with van der Waals surface area (Å²) in [5.74, 6) is -0.994. The minimum absolute atomic E-state index is 0.0219. The van der Waals surface area contributed by atoms with Crippen molar-refractivity contribution in [2.45, 2.75) is 45.2 Å². The highest BCUT2D eigenvalue weighted by molar-refractivity contribution is 7.98. The van der Waals surface area contributed by atoms with Gasteiger partial charge in [0.15, 0.2) is 5.89 Å². The van der Waals surface area contributed by atoms with Crippen molar-refractivity contribution >= 4 is 11.9 Å². The number of nitrogens with zero attached hydrogens (tertiary/aromatic N) is 1. The Bertz CT molecular complexity index is 382. The van der Waals surface area contributed by atoms with E-state index in [4.69, 9.17) is 0 Å². The number of alkyl halides is 3. The van der Waals surface area contributed by atoms with Crippen molar-refractivity contribution in [3.63, 3.8) is 0 Å². The van der Waals surface area contributed by atoms with Gasteiger partial charge in [-0.2, -0.15) is 13.2 Å². The molecule has 0 spiro atoms. The second kappa shape index (κ2) is 4.89. The van der Waals surface area contributed by atoms with Crippen LogP contribution < -0.4 is 4.72 Å². The minimum Gasteiger partial charge on any atom is -0.436 e. The molecule has 0 radical (unpaired) electrons. The number of hydrogen-bond acceptors (Lipinski definition) is 4. The molecule has 0 saturated carbocycles. The molecule has 3 nitrogen and oxygen atoms in total. The lowest BCUT2D eigenvalue weighted by Crippen LogP contribution is -2.18. The van der Waals surface area contributed by atoms with Crippen molar-refractivity contribution in [3.05, 3.63) is 17.3 Å². The summed E-state index contributed by atoms with van der Waals surface area (Å²) in [6.07, 6.45) is -4.50. The van der Waals surface area contributed by atoms with Gasteiger partial charge in [-0.3, -0.25) is 4.72 Å². The van der Waals surface area contributed by atoms with Crippen molar-refractivity contribution in [2.24, 2.45) is 0 Å². The largest absolute Gasteiger partial charge is 0.451 e. The molecule has 98 valence electrons. The second-order valence-electron chi connectivity index (χ2n) is 4.54. The van der Waals surface area contributed by atoms with Gasteiger partial charge in [-0.25, -0.2) is 4.98 Å². The van der Waals surface area contributed by atoms with Gasteiger partial charge in [-0.1, -0.05) is 11.9 Å². The Kier molecular flexibility index (Phi) is 4.14. The summed E-state index contributed by atoms with van der Waals surface area (Å²) in [4.78, 5) is 3.73. The summed E-state index contributed by atoms with van der Waals surface area (Å²) in [6, 6.07) is 0. The van der Waals surface area contributed by atoms with Crippen molar-refractivity contribution in [2.75, 3.05) is 0 Å². The molecular weight excluding hydrogens is 253 g/mol. The van der Waals surface area contributed by atoms with Crippen LogP contribution in [0.4, 0.5) is 13.2 Å². The Hall–Kier alpha value is -0.690. The molecule has 0 saturated heterocycles. The third-order valence-electron chi connectivity index (χ3n) is 1.68. The number of hydrogen-bond donors (Lipinski definition) is 1. The van der Waals surface area contributed by atoms with Crippen LogP contribution in [0.3, 0.4) is 0 Å². The van der Waals surface area contributed by atoms with Crippen LogP contribution >= 0.6 is 11.9 Å². The Balaban J connectivity index is 2.71. The van der Waals surface area contributed by atoms with E-state index in [1.807, 2.05) is 20.8 Å². The lowest BCUT2D eigenvalue weighted by molar-refractivity contribution is -0.154. The van der Waals surface area contributed by atoms with Gasteiger partial charge in [0.05, 0.1) is 6.54 Å². The molecule has 1 rings (SSSR count). The molecule has 1 aromatic rings. The maximum Gasteiger partial charge on any atom is 0.451 e. The molecule has 0 unspecified atom stereocenters. The van der Waals surface area contributed by atoms with E-state index in [0.29, 0.717) is 0 Å². The van der Waals surface area contributed by atoms with E-state index in [2.05, 4.69) is 14.1 Å². The van der Waals surface area contributed by atoms with Crippen LogP contribution in [0.1, 0.15) is 38.1 Å². The maximum absolute atomic E-state index is 12.6. The van der Waals surface area contributed by atoms with E-state index in [-0.39, 0.29) is 22.9 Å². The highest BCUT2D eigenvalue weighted by Gasteiger charge is 2.38. The average molecular weight is 268 g/mol. The average Bonchev–Trinajstić information content (AvgIpc) is 2.43. The third kappa shape index (κ3) is 4.59. The van der Waals surface area contributed by atoms with Crippen molar-refractivity contribution in [3.8, 4) is 0 Å². The van der Waals surface area contributed by atoms with Crippen molar-refractivity contribution < 1.29 is 17.6 Å². The zero-order valence-corrected chi connectivity index (χ0v) is 10.9. The second-order valence-corrected chi connectivity index (χ2v) is 6.26. The molecule has 1 N–H and O–H groups in total. The fourth-order valence-electron chi connectivity index (χ4n) is 1.13. The summed E-state index contributed by atoms with van der Waals surface area (Å²) < 4.78 is 45.0. The standard InChI is InChI=1S/C10H15F3N2OS/c1-6-15-7(5-14-17-9(2,3)4)8(16-6)10(11,12)13/h14H,5H2,1-4H3. The van der Waals surface area contributed by atoms with Crippen LogP contribution in [0.5, 0.6) is 0 Å². The Labute approximate surface area is 102 Å². The summed E-state index contributed by atoms with van der Waals surface area (Å²) >= 11 is 1.36. The third-order valence-corrected chi connectivity index (χ3v) is 2.58. The van der Waals surface area contributed by atoms with E-state index in [1.54, 1.807) is 0 Å². The molecule has 0 fully saturated rings. The SMILES string of the molecule is Cc1nc(CNSC(C)(C)C)c(C(F)(F)F)o1. The molecule has 0 atom stereocenters. The molecule has 7 heteroatoms. The number of halogens is 3.